The summed E-state index contributed by atoms with van der Waals surface area (Å²) < 4.78 is 10.1. The maximum atomic E-state index is 12.4. The third-order valence-electron chi connectivity index (χ3n) is 4.46. The highest BCUT2D eigenvalue weighted by Gasteiger charge is 2.39. The molecule has 1 N–H and O–H groups in total. The topological polar surface area (TPSA) is 89.9 Å². The van der Waals surface area contributed by atoms with Gasteiger partial charge in [0.25, 0.3) is 0 Å². The molecule has 0 aliphatic heterocycles. The van der Waals surface area contributed by atoms with Crippen molar-refractivity contribution in [2.24, 2.45) is 11.8 Å². The van der Waals surface area contributed by atoms with Gasteiger partial charge in [-0.3, -0.25) is 9.59 Å². The lowest BCUT2D eigenvalue weighted by Crippen LogP contribution is -2.37. The lowest BCUT2D eigenvalue weighted by atomic mass is 9.79. The summed E-state index contributed by atoms with van der Waals surface area (Å²) in [7, 11) is 0. The Morgan fingerprint density at radius 1 is 1.12 bits per heavy atom. The number of esters is 3. The molecule has 3 atom stereocenters. The van der Waals surface area contributed by atoms with Crippen LogP contribution in [0.5, 0.6) is 0 Å². The fourth-order valence-corrected chi connectivity index (χ4v) is 3.03. The van der Waals surface area contributed by atoms with Crippen molar-refractivity contribution in [3.63, 3.8) is 0 Å². The van der Waals surface area contributed by atoms with Gasteiger partial charge in [0.15, 0.2) is 6.10 Å². The van der Waals surface area contributed by atoms with Crippen LogP contribution in [0.3, 0.4) is 0 Å². The molecule has 0 aromatic heterocycles. The first-order valence-electron chi connectivity index (χ1n) is 8.78. The largest absolute Gasteiger partial charge is 0.461 e. The summed E-state index contributed by atoms with van der Waals surface area (Å²) in [6, 6.07) is 9.27. The van der Waals surface area contributed by atoms with E-state index in [-0.39, 0.29) is 13.0 Å². The summed E-state index contributed by atoms with van der Waals surface area (Å²) in [6.45, 7) is 3.55. The number of ether oxygens (including phenoxy) is 2. The van der Waals surface area contributed by atoms with Crippen molar-refractivity contribution in [3.8, 4) is 0 Å². The Hall–Kier alpha value is -2.47. The fourth-order valence-electron chi connectivity index (χ4n) is 3.03. The second kappa shape index (κ2) is 9.87. The molecule has 0 heterocycles. The Balaban J connectivity index is 1.95. The average molecular weight is 360 g/mol. The van der Waals surface area contributed by atoms with Gasteiger partial charge in [0.05, 0.1) is 11.8 Å². The molecule has 6 heteroatoms. The number of aliphatic hydroxyl groups excluding tert-OH is 1. The first kappa shape index (κ1) is 19.8. The van der Waals surface area contributed by atoms with E-state index in [0.717, 1.165) is 18.4 Å². The average Bonchev–Trinajstić information content (AvgIpc) is 2.67. The minimum absolute atomic E-state index is 0.000669. The molecule has 1 aromatic carbocycles. The zero-order valence-corrected chi connectivity index (χ0v) is 14.6. The number of hydrogen-bond donors (Lipinski definition) is 1. The minimum Gasteiger partial charge on any atom is -0.461 e. The number of carbonyl (C=O) groups excluding carboxylic acids is 3. The quantitative estimate of drug-likeness (QED) is 0.457. The van der Waals surface area contributed by atoms with E-state index in [1.54, 1.807) is 0 Å². The Bertz CT molecular complexity index is 639. The third-order valence-corrected chi connectivity index (χ3v) is 4.46. The lowest BCUT2D eigenvalue weighted by Gasteiger charge is -2.28. The molecule has 0 amide bonds. The summed E-state index contributed by atoms with van der Waals surface area (Å²) >= 11 is 0. The standard InChI is InChI=1S/C20H24O6/c1-2-8-17(21)20(24)26-19(23)16-12-7-6-11-15(16)18(22)25-13-14-9-4-3-5-10-14/h2-5,9-10,15-17,21H,1,6-8,11-13H2. The highest BCUT2D eigenvalue weighted by molar-refractivity contribution is 5.91. The van der Waals surface area contributed by atoms with E-state index in [1.807, 2.05) is 30.3 Å². The van der Waals surface area contributed by atoms with Gasteiger partial charge in [0.2, 0.25) is 0 Å². The van der Waals surface area contributed by atoms with E-state index in [0.29, 0.717) is 12.8 Å². The molecule has 6 nitrogen and oxygen atoms in total. The van der Waals surface area contributed by atoms with Crippen LogP contribution in [0.1, 0.15) is 37.7 Å². The monoisotopic (exact) mass is 360 g/mol. The number of rotatable bonds is 7. The Morgan fingerprint density at radius 2 is 1.73 bits per heavy atom. The van der Waals surface area contributed by atoms with Gasteiger partial charge in [-0.15, -0.1) is 6.58 Å². The summed E-state index contributed by atoms with van der Waals surface area (Å²) in [5.74, 6) is -3.62. The molecular formula is C20H24O6. The highest BCUT2D eigenvalue weighted by Crippen LogP contribution is 2.32. The first-order chi connectivity index (χ1) is 12.5. The lowest BCUT2D eigenvalue weighted by molar-refractivity contribution is -0.174. The molecule has 3 unspecified atom stereocenters. The maximum Gasteiger partial charge on any atom is 0.342 e. The van der Waals surface area contributed by atoms with Gasteiger partial charge in [-0.2, -0.15) is 0 Å². The van der Waals surface area contributed by atoms with Crippen LogP contribution in [0.4, 0.5) is 0 Å². The smallest absolute Gasteiger partial charge is 0.342 e. The molecule has 2 rings (SSSR count). The van der Waals surface area contributed by atoms with E-state index >= 15 is 0 Å². The van der Waals surface area contributed by atoms with Gasteiger partial charge < -0.3 is 14.6 Å². The third kappa shape index (κ3) is 5.52. The number of hydrogen-bond acceptors (Lipinski definition) is 6. The molecule has 26 heavy (non-hydrogen) atoms. The summed E-state index contributed by atoms with van der Waals surface area (Å²) in [5.41, 5.74) is 0.860. The van der Waals surface area contributed by atoms with Crippen molar-refractivity contribution in [1.29, 1.82) is 0 Å². The molecule has 0 spiro atoms. The van der Waals surface area contributed by atoms with Crippen LogP contribution in [0.2, 0.25) is 0 Å². The summed E-state index contributed by atoms with van der Waals surface area (Å²) in [4.78, 5) is 36.5. The second-order valence-corrected chi connectivity index (χ2v) is 6.37. The molecule has 0 bridgehead atoms. The molecular weight excluding hydrogens is 336 g/mol. The molecule has 0 radical (unpaired) electrons. The zero-order chi connectivity index (χ0) is 18.9. The highest BCUT2D eigenvalue weighted by atomic mass is 16.6. The van der Waals surface area contributed by atoms with Crippen LogP contribution in [0, 0.1) is 11.8 Å². The number of aliphatic hydroxyl groups is 1. The van der Waals surface area contributed by atoms with Crippen LogP contribution < -0.4 is 0 Å². The molecule has 1 aromatic rings. The second-order valence-electron chi connectivity index (χ2n) is 6.37. The van der Waals surface area contributed by atoms with Crippen molar-refractivity contribution in [3.05, 3.63) is 48.6 Å². The van der Waals surface area contributed by atoms with Crippen LogP contribution in [-0.2, 0) is 30.5 Å². The number of benzene rings is 1. The number of carbonyl (C=O) groups is 3. The Labute approximate surface area is 152 Å². The van der Waals surface area contributed by atoms with Crippen molar-refractivity contribution in [2.45, 2.75) is 44.8 Å². The van der Waals surface area contributed by atoms with Crippen molar-refractivity contribution >= 4 is 17.9 Å². The van der Waals surface area contributed by atoms with E-state index < -0.39 is 35.8 Å². The molecule has 1 saturated carbocycles. The van der Waals surface area contributed by atoms with Crippen molar-refractivity contribution in [1.82, 2.24) is 0 Å². The van der Waals surface area contributed by atoms with E-state index in [2.05, 4.69) is 6.58 Å². The molecule has 1 aliphatic rings. The normalized spacial score (nSPS) is 20.7. The van der Waals surface area contributed by atoms with Crippen molar-refractivity contribution < 1.29 is 29.0 Å². The Kier molecular flexibility index (Phi) is 7.53. The van der Waals surface area contributed by atoms with Gasteiger partial charge in [-0.25, -0.2) is 4.79 Å². The van der Waals surface area contributed by atoms with E-state index in [9.17, 15) is 19.5 Å². The summed E-state index contributed by atoms with van der Waals surface area (Å²) in [5, 5.41) is 9.56. The van der Waals surface area contributed by atoms with Gasteiger partial charge in [-0.05, 0) is 18.4 Å². The van der Waals surface area contributed by atoms with Crippen molar-refractivity contribution in [2.75, 3.05) is 0 Å². The summed E-state index contributed by atoms with van der Waals surface area (Å²) in [6.07, 6.45) is 2.47. The van der Waals surface area contributed by atoms with E-state index in [1.165, 1.54) is 6.08 Å². The minimum atomic E-state index is -1.43. The molecule has 140 valence electrons. The maximum absolute atomic E-state index is 12.4. The first-order valence-corrected chi connectivity index (χ1v) is 8.78. The van der Waals surface area contributed by atoms with Crippen LogP contribution >= 0.6 is 0 Å². The van der Waals surface area contributed by atoms with Crippen LogP contribution in [0.15, 0.2) is 43.0 Å². The van der Waals surface area contributed by atoms with Gasteiger partial charge in [0, 0.05) is 6.42 Å². The fraction of sp³-hybridized carbons (Fsp3) is 0.450. The SMILES string of the molecule is C=CCC(O)C(=O)OC(=O)C1CCCCC1C(=O)OCc1ccccc1. The van der Waals surface area contributed by atoms with Crippen LogP contribution in [-0.4, -0.2) is 29.1 Å². The Morgan fingerprint density at radius 3 is 2.35 bits per heavy atom. The predicted molar refractivity (Wildman–Crippen MR) is 93.6 cm³/mol. The molecule has 0 saturated heterocycles. The van der Waals surface area contributed by atoms with Crippen LogP contribution in [0.25, 0.3) is 0 Å². The van der Waals surface area contributed by atoms with Gasteiger partial charge in [0.1, 0.15) is 6.61 Å². The zero-order valence-electron chi connectivity index (χ0n) is 14.6. The molecule has 1 aliphatic carbocycles. The molecule has 1 fully saturated rings. The van der Waals surface area contributed by atoms with Gasteiger partial charge >= 0.3 is 17.9 Å². The van der Waals surface area contributed by atoms with Gasteiger partial charge in [-0.1, -0.05) is 49.2 Å². The predicted octanol–water partition coefficient (Wildman–Crippen LogP) is 2.54. The van der Waals surface area contributed by atoms with E-state index in [4.69, 9.17) is 9.47 Å².